The molecule has 0 fully saturated rings. The van der Waals surface area contributed by atoms with Crippen LogP contribution in [0.5, 0.6) is 11.5 Å². The van der Waals surface area contributed by atoms with Gasteiger partial charge in [-0.1, -0.05) is 30.3 Å². The average molecular weight is 423 g/mol. The van der Waals surface area contributed by atoms with Gasteiger partial charge in [0.25, 0.3) is 0 Å². The second-order valence-electron chi connectivity index (χ2n) is 7.55. The van der Waals surface area contributed by atoms with Gasteiger partial charge in [-0.15, -0.1) is 0 Å². The number of cyclic esters (lactones) is 1. The first kappa shape index (κ1) is 20.8. The van der Waals surface area contributed by atoms with Gasteiger partial charge in [0.05, 0.1) is 14.2 Å². The maximum Gasteiger partial charge on any atom is 0.410 e. The molecule has 4 rings (SSSR count). The minimum Gasteiger partial charge on any atom is -0.493 e. The number of rotatable bonds is 5. The van der Waals surface area contributed by atoms with Crippen molar-refractivity contribution in [2.75, 3.05) is 20.8 Å². The number of hydrogen-bond acceptors (Lipinski definition) is 6. The van der Waals surface area contributed by atoms with Crippen LogP contribution >= 0.6 is 0 Å². The molecule has 31 heavy (non-hydrogen) atoms. The Kier molecular flexibility index (Phi) is 5.84. The Morgan fingerprint density at radius 3 is 2.48 bits per heavy atom. The molecule has 2 aliphatic rings. The molecule has 0 bridgehead atoms. The van der Waals surface area contributed by atoms with Gasteiger partial charge in [0.1, 0.15) is 18.8 Å². The van der Waals surface area contributed by atoms with Crippen molar-refractivity contribution < 1.29 is 28.5 Å². The maximum atomic E-state index is 13.1. The number of esters is 1. The van der Waals surface area contributed by atoms with E-state index in [0.717, 1.165) is 16.7 Å². The lowest BCUT2D eigenvalue weighted by atomic mass is 9.88. The van der Waals surface area contributed by atoms with Gasteiger partial charge in [0.2, 0.25) is 0 Å². The molecule has 2 aromatic carbocycles. The predicted molar refractivity (Wildman–Crippen MR) is 113 cm³/mol. The molecule has 0 aromatic heterocycles. The van der Waals surface area contributed by atoms with Crippen LogP contribution in [0.4, 0.5) is 4.79 Å². The zero-order chi connectivity index (χ0) is 22.0. The lowest BCUT2D eigenvalue weighted by molar-refractivity contribution is -0.142. The third-order valence-corrected chi connectivity index (χ3v) is 5.65. The molecule has 162 valence electrons. The minimum absolute atomic E-state index is 0.168. The molecular formula is C24H25NO6. The second kappa shape index (κ2) is 8.71. The van der Waals surface area contributed by atoms with Gasteiger partial charge in [-0.3, -0.25) is 4.90 Å². The molecule has 1 amide bonds. The van der Waals surface area contributed by atoms with Crippen LogP contribution in [0.25, 0.3) is 0 Å². The Morgan fingerprint density at radius 1 is 1.13 bits per heavy atom. The van der Waals surface area contributed by atoms with Gasteiger partial charge >= 0.3 is 12.1 Å². The lowest BCUT2D eigenvalue weighted by Crippen LogP contribution is -2.45. The monoisotopic (exact) mass is 423 g/mol. The molecule has 2 aromatic rings. The summed E-state index contributed by atoms with van der Waals surface area (Å²) in [7, 11) is 3.15. The van der Waals surface area contributed by atoms with E-state index in [2.05, 4.69) is 0 Å². The molecule has 0 spiro atoms. The summed E-state index contributed by atoms with van der Waals surface area (Å²) in [6.45, 7) is 2.31. The van der Waals surface area contributed by atoms with Crippen LogP contribution in [0.2, 0.25) is 0 Å². The van der Waals surface area contributed by atoms with Gasteiger partial charge in [0, 0.05) is 12.1 Å². The first-order valence-electron chi connectivity index (χ1n) is 10.1. The summed E-state index contributed by atoms with van der Waals surface area (Å²) < 4.78 is 22.1. The number of benzene rings is 2. The molecule has 0 saturated heterocycles. The first-order chi connectivity index (χ1) is 15.0. The quantitative estimate of drug-likeness (QED) is 0.681. The Labute approximate surface area is 181 Å². The molecule has 7 nitrogen and oxygen atoms in total. The molecule has 2 aliphatic heterocycles. The summed E-state index contributed by atoms with van der Waals surface area (Å²) >= 11 is 0. The van der Waals surface area contributed by atoms with Gasteiger partial charge in [0.15, 0.2) is 11.5 Å². The van der Waals surface area contributed by atoms with E-state index in [9.17, 15) is 9.59 Å². The summed E-state index contributed by atoms with van der Waals surface area (Å²) in [6.07, 6.45) is 1.32. The van der Waals surface area contributed by atoms with Crippen molar-refractivity contribution in [2.24, 2.45) is 0 Å². The highest BCUT2D eigenvalue weighted by molar-refractivity contribution is 5.90. The van der Waals surface area contributed by atoms with E-state index in [1.165, 1.54) is 0 Å². The third-order valence-electron chi connectivity index (χ3n) is 5.65. The number of carbonyl (C=O) groups excluding carboxylic acids is 2. The number of amides is 1. The van der Waals surface area contributed by atoms with E-state index in [4.69, 9.17) is 18.9 Å². The maximum absolute atomic E-state index is 13.1. The van der Waals surface area contributed by atoms with Crippen LogP contribution < -0.4 is 9.47 Å². The summed E-state index contributed by atoms with van der Waals surface area (Å²) in [5.41, 5.74) is 3.29. The molecular weight excluding hydrogens is 398 g/mol. The van der Waals surface area contributed by atoms with E-state index in [0.29, 0.717) is 30.0 Å². The van der Waals surface area contributed by atoms with Crippen LogP contribution in [0.3, 0.4) is 0 Å². The number of methoxy groups -OCH3 is 2. The van der Waals surface area contributed by atoms with Crippen molar-refractivity contribution in [3.63, 3.8) is 0 Å². The van der Waals surface area contributed by atoms with E-state index in [-0.39, 0.29) is 12.6 Å². The smallest absolute Gasteiger partial charge is 0.410 e. The highest BCUT2D eigenvalue weighted by Gasteiger charge is 2.41. The molecule has 2 heterocycles. The van der Waals surface area contributed by atoms with Gasteiger partial charge in [-0.2, -0.15) is 0 Å². The van der Waals surface area contributed by atoms with Crippen molar-refractivity contribution in [1.82, 2.24) is 4.90 Å². The summed E-state index contributed by atoms with van der Waals surface area (Å²) in [5, 5.41) is 0. The molecule has 0 saturated carbocycles. The SMILES string of the molecule is COc1cc2c(cc1OC)[C@@H]([C@H]1C=C(C)C(=O)O1)N(C(=O)OCc1ccccc1)CC2. The highest BCUT2D eigenvalue weighted by atomic mass is 16.6. The zero-order valence-corrected chi connectivity index (χ0v) is 17.8. The van der Waals surface area contributed by atoms with Crippen LogP contribution in [0, 0.1) is 0 Å². The largest absolute Gasteiger partial charge is 0.493 e. The van der Waals surface area contributed by atoms with Crippen molar-refractivity contribution in [1.29, 1.82) is 0 Å². The van der Waals surface area contributed by atoms with Crippen molar-refractivity contribution in [3.8, 4) is 11.5 Å². The number of hydrogen-bond donors (Lipinski definition) is 0. The van der Waals surface area contributed by atoms with E-state index >= 15 is 0 Å². The van der Waals surface area contributed by atoms with Crippen molar-refractivity contribution in [3.05, 3.63) is 70.8 Å². The molecule has 7 heteroatoms. The predicted octanol–water partition coefficient (Wildman–Crippen LogP) is 3.81. The van der Waals surface area contributed by atoms with E-state index < -0.39 is 18.2 Å². The molecule has 2 atom stereocenters. The minimum atomic E-state index is -0.603. The number of fused-ring (bicyclic) bond motifs is 1. The van der Waals surface area contributed by atoms with Crippen molar-refractivity contribution in [2.45, 2.75) is 32.1 Å². The second-order valence-corrected chi connectivity index (χ2v) is 7.55. The normalized spacial score (nSPS) is 19.9. The van der Waals surface area contributed by atoms with Gasteiger partial charge in [-0.25, -0.2) is 9.59 Å². The fourth-order valence-corrected chi connectivity index (χ4v) is 4.06. The number of carbonyl (C=O) groups is 2. The Morgan fingerprint density at radius 2 is 1.84 bits per heavy atom. The Hall–Kier alpha value is -3.48. The summed E-state index contributed by atoms with van der Waals surface area (Å²) in [4.78, 5) is 26.8. The lowest BCUT2D eigenvalue weighted by Gasteiger charge is -2.38. The van der Waals surface area contributed by atoms with Crippen LogP contribution in [0.1, 0.15) is 29.7 Å². The third kappa shape index (κ3) is 4.08. The fraction of sp³-hybridized carbons (Fsp3) is 0.333. The highest BCUT2D eigenvalue weighted by Crippen LogP contribution is 2.42. The van der Waals surface area contributed by atoms with Crippen LogP contribution in [-0.2, 0) is 27.3 Å². The summed E-state index contributed by atoms with van der Waals surface area (Å²) in [6, 6.07) is 12.8. The average Bonchev–Trinajstić information content (AvgIpc) is 3.13. The Balaban J connectivity index is 1.67. The van der Waals surface area contributed by atoms with Crippen LogP contribution in [0.15, 0.2) is 54.1 Å². The van der Waals surface area contributed by atoms with Gasteiger partial charge in [-0.05, 0) is 48.2 Å². The van der Waals surface area contributed by atoms with E-state index in [1.807, 2.05) is 42.5 Å². The molecule has 0 aliphatic carbocycles. The zero-order valence-electron chi connectivity index (χ0n) is 17.8. The topological polar surface area (TPSA) is 74.3 Å². The van der Waals surface area contributed by atoms with E-state index in [1.54, 1.807) is 32.1 Å². The summed E-state index contributed by atoms with van der Waals surface area (Å²) in [5.74, 6) is 0.793. The number of ether oxygens (including phenoxy) is 4. The number of nitrogens with zero attached hydrogens (tertiary/aromatic N) is 1. The molecule has 0 N–H and O–H groups in total. The Bertz CT molecular complexity index is 1020. The fourth-order valence-electron chi connectivity index (χ4n) is 4.06. The molecule has 0 radical (unpaired) electrons. The van der Waals surface area contributed by atoms with Crippen molar-refractivity contribution >= 4 is 12.1 Å². The van der Waals surface area contributed by atoms with Crippen LogP contribution in [-0.4, -0.2) is 43.8 Å². The van der Waals surface area contributed by atoms with Gasteiger partial charge < -0.3 is 18.9 Å². The standard InChI is InChI=1S/C24H25NO6/c1-15-11-21(31-23(15)26)22-18-13-20(29-3)19(28-2)12-17(18)9-10-25(22)24(27)30-14-16-7-5-4-6-8-16/h4-8,11-13,21-22H,9-10,14H2,1-3H3/t21-,22+/m1/s1. The molecule has 0 unspecified atom stereocenters. The first-order valence-corrected chi connectivity index (χ1v) is 10.1.